The minimum Gasteiger partial charge on any atom is -0.461 e. The molecule has 5 heteroatoms. The molecule has 0 aliphatic carbocycles. The third-order valence-corrected chi connectivity index (χ3v) is 3.41. The Labute approximate surface area is 127 Å². The van der Waals surface area contributed by atoms with Crippen molar-refractivity contribution < 1.29 is 13.9 Å². The van der Waals surface area contributed by atoms with Crippen molar-refractivity contribution in [1.82, 2.24) is 9.55 Å². The summed E-state index contributed by atoms with van der Waals surface area (Å²) in [7, 11) is 0. The Morgan fingerprint density at radius 2 is 2.18 bits per heavy atom. The molecule has 0 N–H and O–H groups in total. The van der Waals surface area contributed by atoms with Crippen LogP contribution in [0.1, 0.15) is 23.0 Å². The van der Waals surface area contributed by atoms with Gasteiger partial charge < -0.3 is 9.30 Å². The topological polar surface area (TPSA) is 44.1 Å². The molecular weight excluding hydrogens is 283 g/mol. The number of pyridine rings is 1. The van der Waals surface area contributed by atoms with Gasteiger partial charge in [-0.05, 0) is 42.8 Å². The fourth-order valence-electron chi connectivity index (χ4n) is 2.46. The largest absolute Gasteiger partial charge is 0.461 e. The molecule has 0 amide bonds. The third-order valence-electron chi connectivity index (χ3n) is 3.41. The molecule has 3 rings (SSSR count). The highest BCUT2D eigenvalue weighted by molar-refractivity contribution is 5.95. The molecule has 2 heterocycles. The second-order valence-corrected chi connectivity index (χ2v) is 4.90. The number of hydrogen-bond acceptors (Lipinski definition) is 3. The van der Waals surface area contributed by atoms with Gasteiger partial charge in [0.15, 0.2) is 0 Å². The van der Waals surface area contributed by atoms with E-state index in [4.69, 9.17) is 4.74 Å². The van der Waals surface area contributed by atoms with Crippen LogP contribution in [0.15, 0.2) is 48.8 Å². The summed E-state index contributed by atoms with van der Waals surface area (Å²) in [6, 6.07) is 9.90. The predicted molar refractivity (Wildman–Crippen MR) is 81.2 cm³/mol. The number of carbonyl (C=O) groups excluding carboxylic acids is 1. The Hall–Kier alpha value is -2.69. The molecule has 0 atom stereocenters. The highest BCUT2D eigenvalue weighted by Gasteiger charge is 2.17. The van der Waals surface area contributed by atoms with Gasteiger partial charge in [-0.2, -0.15) is 0 Å². The second-order valence-electron chi connectivity index (χ2n) is 4.90. The standard InChI is InChI=1S/C17H15FN2O2/c1-2-22-17(21)16-9-13-8-14(18)5-6-15(13)20(16)11-12-4-3-7-19-10-12/h3-10H,2,11H2,1H3. The van der Waals surface area contributed by atoms with Crippen molar-refractivity contribution in [3.8, 4) is 0 Å². The first-order valence-electron chi connectivity index (χ1n) is 7.04. The van der Waals surface area contributed by atoms with Crippen molar-refractivity contribution in [2.24, 2.45) is 0 Å². The molecule has 0 aliphatic rings. The lowest BCUT2D eigenvalue weighted by atomic mass is 10.2. The van der Waals surface area contributed by atoms with Crippen LogP contribution in [0.2, 0.25) is 0 Å². The van der Waals surface area contributed by atoms with E-state index in [0.717, 1.165) is 11.1 Å². The summed E-state index contributed by atoms with van der Waals surface area (Å²) in [4.78, 5) is 16.2. The fraction of sp³-hybridized carbons (Fsp3) is 0.176. The molecule has 2 aromatic heterocycles. The average molecular weight is 298 g/mol. The molecule has 1 aromatic carbocycles. The fourth-order valence-corrected chi connectivity index (χ4v) is 2.46. The van der Waals surface area contributed by atoms with Crippen LogP contribution in [0.5, 0.6) is 0 Å². The van der Waals surface area contributed by atoms with E-state index in [1.165, 1.54) is 12.1 Å². The normalized spacial score (nSPS) is 10.8. The molecule has 0 saturated heterocycles. The van der Waals surface area contributed by atoms with Crippen LogP contribution in [-0.4, -0.2) is 22.1 Å². The highest BCUT2D eigenvalue weighted by Crippen LogP contribution is 2.23. The van der Waals surface area contributed by atoms with Crippen LogP contribution in [-0.2, 0) is 11.3 Å². The quantitative estimate of drug-likeness (QED) is 0.693. The number of esters is 1. The van der Waals surface area contributed by atoms with Crippen LogP contribution in [0.25, 0.3) is 10.9 Å². The molecule has 3 aromatic rings. The summed E-state index contributed by atoms with van der Waals surface area (Å²) in [6.45, 7) is 2.52. The maximum atomic E-state index is 13.4. The summed E-state index contributed by atoms with van der Waals surface area (Å²) in [6.07, 6.45) is 3.43. The average Bonchev–Trinajstić information content (AvgIpc) is 2.86. The van der Waals surface area contributed by atoms with Crippen molar-refractivity contribution in [2.45, 2.75) is 13.5 Å². The van der Waals surface area contributed by atoms with Crippen LogP contribution in [0, 0.1) is 5.82 Å². The van der Waals surface area contributed by atoms with Crippen LogP contribution >= 0.6 is 0 Å². The number of rotatable bonds is 4. The maximum absolute atomic E-state index is 13.4. The molecule has 0 bridgehead atoms. The first-order chi connectivity index (χ1) is 10.7. The number of fused-ring (bicyclic) bond motifs is 1. The zero-order valence-electron chi connectivity index (χ0n) is 12.1. The van der Waals surface area contributed by atoms with Gasteiger partial charge in [0.1, 0.15) is 11.5 Å². The minimum absolute atomic E-state index is 0.293. The van der Waals surface area contributed by atoms with E-state index >= 15 is 0 Å². The number of benzene rings is 1. The number of carbonyl (C=O) groups is 1. The van der Waals surface area contributed by atoms with E-state index in [0.29, 0.717) is 24.2 Å². The Bertz CT molecular complexity index is 812. The van der Waals surface area contributed by atoms with Gasteiger partial charge in [-0.1, -0.05) is 6.07 Å². The van der Waals surface area contributed by atoms with Crippen LogP contribution < -0.4 is 0 Å². The van der Waals surface area contributed by atoms with Gasteiger partial charge in [0.25, 0.3) is 0 Å². The smallest absolute Gasteiger partial charge is 0.354 e. The van der Waals surface area contributed by atoms with Crippen molar-refractivity contribution >= 4 is 16.9 Å². The number of aromatic nitrogens is 2. The maximum Gasteiger partial charge on any atom is 0.354 e. The number of halogens is 1. The zero-order chi connectivity index (χ0) is 15.5. The van der Waals surface area contributed by atoms with E-state index < -0.39 is 5.97 Å². The van der Waals surface area contributed by atoms with Crippen molar-refractivity contribution in [2.75, 3.05) is 6.61 Å². The SMILES string of the molecule is CCOC(=O)c1cc2cc(F)ccc2n1Cc1cccnc1. The van der Waals surface area contributed by atoms with Crippen LogP contribution in [0.3, 0.4) is 0 Å². The lowest BCUT2D eigenvalue weighted by Crippen LogP contribution is -2.12. The summed E-state index contributed by atoms with van der Waals surface area (Å²) in [5.74, 6) is -0.746. The van der Waals surface area contributed by atoms with Crippen LogP contribution in [0.4, 0.5) is 4.39 Å². The Kier molecular flexibility index (Phi) is 3.87. The molecule has 0 saturated carbocycles. The van der Waals surface area contributed by atoms with E-state index in [1.807, 2.05) is 16.7 Å². The number of ether oxygens (including phenoxy) is 1. The van der Waals surface area contributed by atoms with Gasteiger partial charge in [0, 0.05) is 29.8 Å². The molecule has 0 unspecified atom stereocenters. The van der Waals surface area contributed by atoms with Crippen molar-refractivity contribution in [3.05, 3.63) is 65.9 Å². The molecule has 0 spiro atoms. The Balaban J connectivity index is 2.12. The summed E-state index contributed by atoms with van der Waals surface area (Å²) >= 11 is 0. The molecule has 0 aliphatic heterocycles. The van der Waals surface area contributed by atoms with Gasteiger partial charge in [-0.3, -0.25) is 4.98 Å². The summed E-state index contributed by atoms with van der Waals surface area (Å²) in [5, 5.41) is 0.673. The van der Waals surface area contributed by atoms with Gasteiger partial charge >= 0.3 is 5.97 Å². The molecule has 22 heavy (non-hydrogen) atoms. The summed E-state index contributed by atoms with van der Waals surface area (Å²) < 4.78 is 20.3. The minimum atomic E-state index is -0.414. The van der Waals surface area contributed by atoms with E-state index in [-0.39, 0.29) is 5.82 Å². The summed E-state index contributed by atoms with van der Waals surface area (Å²) in [5.41, 5.74) is 2.15. The third kappa shape index (κ3) is 2.70. The lowest BCUT2D eigenvalue weighted by Gasteiger charge is -2.10. The van der Waals surface area contributed by atoms with E-state index in [2.05, 4.69) is 4.98 Å². The van der Waals surface area contributed by atoms with Crippen molar-refractivity contribution in [1.29, 1.82) is 0 Å². The monoisotopic (exact) mass is 298 g/mol. The van der Waals surface area contributed by atoms with E-state index in [9.17, 15) is 9.18 Å². The molecule has 0 radical (unpaired) electrons. The number of hydrogen-bond donors (Lipinski definition) is 0. The molecule has 4 nitrogen and oxygen atoms in total. The first-order valence-corrected chi connectivity index (χ1v) is 7.04. The van der Waals surface area contributed by atoms with E-state index in [1.54, 1.807) is 31.5 Å². The highest BCUT2D eigenvalue weighted by atomic mass is 19.1. The van der Waals surface area contributed by atoms with Gasteiger partial charge in [0.05, 0.1) is 6.61 Å². The lowest BCUT2D eigenvalue weighted by molar-refractivity contribution is 0.0515. The van der Waals surface area contributed by atoms with Crippen molar-refractivity contribution in [3.63, 3.8) is 0 Å². The Morgan fingerprint density at radius 1 is 1.32 bits per heavy atom. The molecular formula is C17H15FN2O2. The Morgan fingerprint density at radius 3 is 2.91 bits per heavy atom. The van der Waals surface area contributed by atoms with Gasteiger partial charge in [-0.15, -0.1) is 0 Å². The van der Waals surface area contributed by atoms with Gasteiger partial charge in [-0.25, -0.2) is 9.18 Å². The zero-order valence-corrected chi connectivity index (χ0v) is 12.1. The van der Waals surface area contributed by atoms with Gasteiger partial charge in [0.2, 0.25) is 0 Å². The molecule has 0 fully saturated rings. The second kappa shape index (κ2) is 5.97. The molecule has 112 valence electrons. The predicted octanol–water partition coefficient (Wildman–Crippen LogP) is 3.40. The number of nitrogens with zero attached hydrogens (tertiary/aromatic N) is 2. The first kappa shape index (κ1) is 14.3.